The highest BCUT2D eigenvalue weighted by Gasteiger charge is 2.21. The lowest BCUT2D eigenvalue weighted by molar-refractivity contribution is -0.144. The van der Waals surface area contributed by atoms with Crippen LogP contribution in [0.1, 0.15) is 19.4 Å². The maximum absolute atomic E-state index is 11.5. The van der Waals surface area contributed by atoms with E-state index in [1.54, 1.807) is 0 Å². The van der Waals surface area contributed by atoms with E-state index in [2.05, 4.69) is 5.32 Å². The van der Waals surface area contributed by atoms with Crippen molar-refractivity contribution >= 4 is 17.6 Å². The van der Waals surface area contributed by atoms with Gasteiger partial charge in [0.15, 0.2) is 0 Å². The van der Waals surface area contributed by atoms with Crippen LogP contribution in [-0.4, -0.2) is 19.1 Å². The van der Waals surface area contributed by atoms with Crippen molar-refractivity contribution in [3.8, 4) is 0 Å². The summed E-state index contributed by atoms with van der Waals surface area (Å²) in [6.07, 6.45) is 0. The number of methoxy groups -OCH3 is 1. The zero-order valence-corrected chi connectivity index (χ0v) is 11.1. The van der Waals surface area contributed by atoms with Crippen LogP contribution in [0.3, 0.4) is 0 Å². The Labute approximate surface area is 107 Å². The van der Waals surface area contributed by atoms with Crippen molar-refractivity contribution in [2.45, 2.75) is 26.4 Å². The van der Waals surface area contributed by atoms with E-state index in [-0.39, 0.29) is 17.9 Å². The Morgan fingerprint density at radius 2 is 1.94 bits per heavy atom. The molecule has 1 N–H and O–H groups in total. The number of ether oxygens (including phenoxy) is 1. The molecule has 0 bridgehead atoms. The second-order valence-electron chi connectivity index (χ2n) is 4.25. The smallest absolute Gasteiger partial charge is 0.323 e. The summed E-state index contributed by atoms with van der Waals surface area (Å²) in [6.45, 7) is 4.59. The van der Waals surface area contributed by atoms with E-state index in [1.165, 1.54) is 7.11 Å². The molecule has 17 heavy (non-hydrogen) atoms. The molecular formula is C13H18ClNO2. The van der Waals surface area contributed by atoms with Crippen LogP contribution in [0.4, 0.5) is 0 Å². The van der Waals surface area contributed by atoms with Crippen LogP contribution in [0.25, 0.3) is 0 Å². The van der Waals surface area contributed by atoms with Gasteiger partial charge in [0, 0.05) is 11.6 Å². The van der Waals surface area contributed by atoms with E-state index in [0.29, 0.717) is 11.6 Å². The fourth-order valence-corrected chi connectivity index (χ4v) is 1.67. The molecule has 0 aliphatic heterocycles. The lowest BCUT2D eigenvalue weighted by Gasteiger charge is -2.19. The van der Waals surface area contributed by atoms with Crippen LogP contribution in [0.15, 0.2) is 24.3 Å². The lowest BCUT2D eigenvalue weighted by Crippen LogP contribution is -2.41. The van der Waals surface area contributed by atoms with Crippen LogP contribution in [0.5, 0.6) is 0 Å². The number of esters is 1. The molecular weight excluding hydrogens is 238 g/mol. The summed E-state index contributed by atoms with van der Waals surface area (Å²) in [4.78, 5) is 11.5. The summed E-state index contributed by atoms with van der Waals surface area (Å²) >= 11 is 5.80. The summed E-state index contributed by atoms with van der Waals surface area (Å²) in [5.74, 6) is -0.0382. The van der Waals surface area contributed by atoms with Gasteiger partial charge in [-0.15, -0.1) is 0 Å². The maximum atomic E-state index is 11.5. The summed E-state index contributed by atoms with van der Waals surface area (Å²) < 4.78 is 4.76. The predicted octanol–water partition coefficient (Wildman–Crippen LogP) is 2.63. The lowest BCUT2D eigenvalue weighted by atomic mass is 10.0. The minimum absolute atomic E-state index is 0.190. The third-order valence-electron chi connectivity index (χ3n) is 2.56. The van der Waals surface area contributed by atoms with Gasteiger partial charge in [-0.1, -0.05) is 37.6 Å². The SMILES string of the molecule is COC(=O)[C@@H](NCc1ccc(Cl)cc1)C(C)C. The molecule has 0 heterocycles. The molecule has 0 fully saturated rings. The quantitative estimate of drug-likeness (QED) is 0.822. The van der Waals surface area contributed by atoms with Crippen molar-refractivity contribution in [2.75, 3.05) is 7.11 Å². The Hall–Kier alpha value is -1.06. The number of rotatable bonds is 5. The van der Waals surface area contributed by atoms with Gasteiger partial charge in [-0.2, -0.15) is 0 Å². The van der Waals surface area contributed by atoms with Gasteiger partial charge in [0.05, 0.1) is 7.11 Å². The number of halogens is 1. The van der Waals surface area contributed by atoms with E-state index in [4.69, 9.17) is 16.3 Å². The molecule has 1 aromatic rings. The number of carbonyl (C=O) groups is 1. The van der Waals surface area contributed by atoms with Crippen LogP contribution in [-0.2, 0) is 16.1 Å². The molecule has 0 spiro atoms. The standard InChI is InChI=1S/C13H18ClNO2/c1-9(2)12(13(16)17-3)15-8-10-4-6-11(14)7-5-10/h4-7,9,12,15H,8H2,1-3H3/t12-/m0/s1. The molecule has 0 saturated carbocycles. The molecule has 1 rings (SSSR count). The Kier molecular flexibility index (Phi) is 5.45. The average molecular weight is 256 g/mol. The summed E-state index contributed by atoms with van der Waals surface area (Å²) in [6, 6.07) is 7.26. The first-order valence-corrected chi connectivity index (χ1v) is 5.98. The van der Waals surface area contributed by atoms with Crippen molar-refractivity contribution in [1.82, 2.24) is 5.32 Å². The first-order valence-electron chi connectivity index (χ1n) is 5.60. The molecule has 0 aliphatic carbocycles. The van der Waals surface area contributed by atoms with Crippen molar-refractivity contribution in [2.24, 2.45) is 5.92 Å². The topological polar surface area (TPSA) is 38.3 Å². The van der Waals surface area contributed by atoms with E-state index < -0.39 is 0 Å². The Morgan fingerprint density at radius 3 is 2.41 bits per heavy atom. The van der Waals surface area contributed by atoms with Gasteiger partial charge in [0.1, 0.15) is 6.04 Å². The fourth-order valence-electron chi connectivity index (χ4n) is 1.55. The third kappa shape index (κ3) is 4.36. The Bertz CT molecular complexity index is 362. The molecule has 3 nitrogen and oxygen atoms in total. The van der Waals surface area contributed by atoms with Gasteiger partial charge in [-0.3, -0.25) is 4.79 Å². The largest absolute Gasteiger partial charge is 0.468 e. The number of hydrogen-bond acceptors (Lipinski definition) is 3. The van der Waals surface area contributed by atoms with Gasteiger partial charge < -0.3 is 10.1 Å². The minimum atomic E-state index is -0.282. The predicted molar refractivity (Wildman–Crippen MR) is 68.9 cm³/mol. The molecule has 0 unspecified atom stereocenters. The van der Waals surface area contributed by atoms with E-state index in [1.807, 2.05) is 38.1 Å². The molecule has 4 heteroatoms. The van der Waals surface area contributed by atoms with Gasteiger partial charge in [-0.05, 0) is 23.6 Å². The molecule has 0 saturated heterocycles. The maximum Gasteiger partial charge on any atom is 0.323 e. The van der Waals surface area contributed by atoms with Crippen molar-refractivity contribution < 1.29 is 9.53 Å². The number of carbonyl (C=O) groups excluding carboxylic acids is 1. The van der Waals surface area contributed by atoms with Crippen LogP contribution >= 0.6 is 11.6 Å². The molecule has 0 amide bonds. The molecule has 1 aromatic carbocycles. The van der Waals surface area contributed by atoms with Crippen molar-refractivity contribution in [3.05, 3.63) is 34.9 Å². The van der Waals surface area contributed by atoms with Gasteiger partial charge in [0.2, 0.25) is 0 Å². The molecule has 94 valence electrons. The van der Waals surface area contributed by atoms with E-state index in [0.717, 1.165) is 5.56 Å². The number of hydrogen-bond donors (Lipinski definition) is 1. The normalized spacial score (nSPS) is 12.5. The monoisotopic (exact) mass is 255 g/mol. The van der Waals surface area contributed by atoms with Crippen LogP contribution in [0.2, 0.25) is 5.02 Å². The van der Waals surface area contributed by atoms with Crippen LogP contribution < -0.4 is 5.32 Å². The molecule has 0 radical (unpaired) electrons. The van der Waals surface area contributed by atoms with E-state index >= 15 is 0 Å². The third-order valence-corrected chi connectivity index (χ3v) is 2.81. The van der Waals surface area contributed by atoms with Gasteiger partial charge in [0.25, 0.3) is 0 Å². The highest BCUT2D eigenvalue weighted by molar-refractivity contribution is 6.30. The van der Waals surface area contributed by atoms with Crippen molar-refractivity contribution in [3.63, 3.8) is 0 Å². The van der Waals surface area contributed by atoms with Gasteiger partial charge >= 0.3 is 5.97 Å². The second kappa shape index (κ2) is 6.62. The molecule has 0 aliphatic rings. The zero-order valence-electron chi connectivity index (χ0n) is 10.4. The number of nitrogens with one attached hydrogen (secondary N) is 1. The summed E-state index contributed by atoms with van der Waals surface area (Å²) in [5, 5.41) is 3.90. The second-order valence-corrected chi connectivity index (χ2v) is 4.69. The zero-order chi connectivity index (χ0) is 12.8. The summed E-state index contributed by atoms with van der Waals surface area (Å²) in [7, 11) is 1.40. The first-order chi connectivity index (χ1) is 8.04. The fraction of sp³-hybridized carbons (Fsp3) is 0.462. The average Bonchev–Trinajstić information content (AvgIpc) is 2.31. The Morgan fingerprint density at radius 1 is 1.35 bits per heavy atom. The number of benzene rings is 1. The van der Waals surface area contributed by atoms with E-state index in [9.17, 15) is 4.79 Å². The molecule has 0 aromatic heterocycles. The molecule has 1 atom stereocenters. The van der Waals surface area contributed by atoms with Crippen molar-refractivity contribution in [1.29, 1.82) is 0 Å². The Balaban J connectivity index is 2.58. The first kappa shape index (κ1) is 14.0. The highest BCUT2D eigenvalue weighted by Crippen LogP contribution is 2.10. The highest BCUT2D eigenvalue weighted by atomic mass is 35.5. The minimum Gasteiger partial charge on any atom is -0.468 e. The van der Waals surface area contributed by atoms with Crippen LogP contribution in [0, 0.1) is 5.92 Å². The van der Waals surface area contributed by atoms with Gasteiger partial charge in [-0.25, -0.2) is 0 Å². The summed E-state index contributed by atoms with van der Waals surface area (Å²) in [5.41, 5.74) is 1.09.